The van der Waals surface area contributed by atoms with E-state index in [1.165, 1.54) is 18.4 Å². The molecular formula is C29H26N2O2. The van der Waals surface area contributed by atoms with E-state index in [0.717, 1.165) is 33.3 Å². The lowest BCUT2D eigenvalue weighted by Gasteiger charge is -2.10. The molecular weight excluding hydrogens is 408 g/mol. The zero-order valence-electron chi connectivity index (χ0n) is 18.9. The molecule has 0 aliphatic heterocycles. The van der Waals surface area contributed by atoms with Crippen molar-refractivity contribution >= 4 is 33.9 Å². The second-order valence-corrected chi connectivity index (χ2v) is 8.22. The predicted octanol–water partition coefficient (Wildman–Crippen LogP) is 7.17. The molecule has 0 aromatic heterocycles. The van der Waals surface area contributed by atoms with Gasteiger partial charge in [0.25, 0.3) is 0 Å². The number of ether oxygens (including phenoxy) is 2. The number of fused-ring (bicyclic) bond motifs is 1. The van der Waals surface area contributed by atoms with Gasteiger partial charge >= 0.3 is 0 Å². The molecule has 1 aliphatic rings. The first-order chi connectivity index (χ1) is 16.2. The van der Waals surface area contributed by atoms with Crippen molar-refractivity contribution in [3.05, 3.63) is 108 Å². The van der Waals surface area contributed by atoms with Crippen LogP contribution in [0.2, 0.25) is 0 Å². The van der Waals surface area contributed by atoms with Gasteiger partial charge in [0.2, 0.25) is 11.8 Å². The quantitative estimate of drug-likeness (QED) is 0.247. The highest BCUT2D eigenvalue weighted by molar-refractivity contribution is 6.02. The number of benzene rings is 4. The number of aliphatic imine (C=N–C) groups is 2. The third-order valence-corrected chi connectivity index (χ3v) is 5.86. The molecule has 4 heteroatoms. The van der Waals surface area contributed by atoms with Gasteiger partial charge in [-0.3, -0.25) is 0 Å². The normalized spacial score (nSPS) is 14.4. The first kappa shape index (κ1) is 21.0. The lowest BCUT2D eigenvalue weighted by atomic mass is 10.0. The number of para-hydroxylation sites is 1. The van der Waals surface area contributed by atoms with E-state index in [4.69, 9.17) is 14.5 Å². The molecule has 5 rings (SSSR count). The SMILES string of the molecule is COC(=Nc1ccccc1)c1ccc2cc(C(=Nc3cccc(C4CC4)c3)OC)ccc2c1. The van der Waals surface area contributed by atoms with Crippen molar-refractivity contribution in [3.63, 3.8) is 0 Å². The van der Waals surface area contributed by atoms with Crippen LogP contribution in [0.1, 0.15) is 35.4 Å². The molecule has 0 saturated heterocycles. The monoisotopic (exact) mass is 434 g/mol. The van der Waals surface area contributed by atoms with Crippen LogP contribution in [0, 0.1) is 0 Å². The number of nitrogens with zero attached hydrogens (tertiary/aromatic N) is 2. The van der Waals surface area contributed by atoms with E-state index in [0.29, 0.717) is 17.7 Å². The summed E-state index contributed by atoms with van der Waals surface area (Å²) in [5, 5.41) is 2.20. The van der Waals surface area contributed by atoms with Crippen molar-refractivity contribution in [1.29, 1.82) is 0 Å². The molecule has 0 unspecified atom stereocenters. The van der Waals surface area contributed by atoms with Crippen molar-refractivity contribution in [1.82, 2.24) is 0 Å². The van der Waals surface area contributed by atoms with Crippen molar-refractivity contribution in [2.24, 2.45) is 9.98 Å². The molecule has 0 atom stereocenters. The Morgan fingerprint density at radius 1 is 0.636 bits per heavy atom. The van der Waals surface area contributed by atoms with Gasteiger partial charge in [-0.15, -0.1) is 0 Å². The van der Waals surface area contributed by atoms with Crippen molar-refractivity contribution in [2.45, 2.75) is 18.8 Å². The molecule has 1 fully saturated rings. The summed E-state index contributed by atoms with van der Waals surface area (Å²) in [6.07, 6.45) is 2.55. The zero-order chi connectivity index (χ0) is 22.6. The lowest BCUT2D eigenvalue weighted by molar-refractivity contribution is 0.405. The van der Waals surface area contributed by atoms with E-state index >= 15 is 0 Å². The van der Waals surface area contributed by atoms with Crippen LogP contribution in [0.4, 0.5) is 11.4 Å². The summed E-state index contributed by atoms with van der Waals surface area (Å²) < 4.78 is 11.2. The fourth-order valence-corrected chi connectivity index (χ4v) is 3.97. The van der Waals surface area contributed by atoms with Gasteiger partial charge in [0.05, 0.1) is 25.6 Å². The Hall–Kier alpha value is -3.92. The van der Waals surface area contributed by atoms with Crippen LogP contribution in [0.15, 0.2) is 101 Å². The van der Waals surface area contributed by atoms with Gasteiger partial charge < -0.3 is 9.47 Å². The van der Waals surface area contributed by atoms with E-state index in [1.54, 1.807) is 14.2 Å². The molecule has 4 nitrogen and oxygen atoms in total. The summed E-state index contributed by atoms with van der Waals surface area (Å²) in [6, 6.07) is 30.7. The minimum Gasteiger partial charge on any atom is -0.481 e. The maximum absolute atomic E-state index is 5.66. The van der Waals surface area contributed by atoms with Gasteiger partial charge in [-0.2, -0.15) is 0 Å². The third-order valence-electron chi connectivity index (χ3n) is 5.86. The van der Waals surface area contributed by atoms with Gasteiger partial charge in [-0.25, -0.2) is 9.98 Å². The third kappa shape index (κ3) is 4.80. The predicted molar refractivity (Wildman–Crippen MR) is 135 cm³/mol. The Bertz CT molecular complexity index is 1340. The Balaban J connectivity index is 1.46. The summed E-state index contributed by atoms with van der Waals surface area (Å²) in [4.78, 5) is 9.43. The van der Waals surface area contributed by atoms with Gasteiger partial charge in [-0.1, -0.05) is 42.5 Å². The summed E-state index contributed by atoms with van der Waals surface area (Å²) >= 11 is 0. The fraction of sp³-hybridized carbons (Fsp3) is 0.172. The molecule has 0 heterocycles. The summed E-state index contributed by atoms with van der Waals surface area (Å²) in [5.74, 6) is 1.89. The number of methoxy groups -OCH3 is 2. The van der Waals surface area contributed by atoms with Crippen LogP contribution in [-0.2, 0) is 9.47 Å². The molecule has 4 aromatic carbocycles. The summed E-state index contributed by atoms with van der Waals surface area (Å²) in [7, 11) is 3.32. The highest BCUT2D eigenvalue weighted by atomic mass is 16.5. The number of rotatable bonds is 5. The molecule has 1 saturated carbocycles. The van der Waals surface area contributed by atoms with Crippen LogP contribution in [0.25, 0.3) is 10.8 Å². The second kappa shape index (κ2) is 9.29. The van der Waals surface area contributed by atoms with Crippen molar-refractivity contribution in [2.75, 3.05) is 14.2 Å². The highest BCUT2D eigenvalue weighted by Gasteiger charge is 2.23. The maximum atomic E-state index is 5.66. The van der Waals surface area contributed by atoms with Crippen LogP contribution in [-0.4, -0.2) is 26.0 Å². The standard InChI is InChI=1S/C29H26N2O2/c1-32-28(30-26-8-4-3-5-9-26)24-15-13-23-18-25(16-14-22(23)17-24)29(33-2)31-27-10-6-7-21(19-27)20-11-12-20/h3-10,13-20H,11-12H2,1-2H3. The first-order valence-corrected chi connectivity index (χ1v) is 11.2. The summed E-state index contributed by atoms with van der Waals surface area (Å²) in [5.41, 5.74) is 5.02. The van der Waals surface area contributed by atoms with Gasteiger partial charge in [0.15, 0.2) is 0 Å². The Morgan fingerprint density at radius 2 is 1.21 bits per heavy atom. The fourth-order valence-electron chi connectivity index (χ4n) is 3.97. The average Bonchev–Trinajstić information content (AvgIpc) is 3.72. The molecule has 0 spiro atoms. The molecule has 164 valence electrons. The van der Waals surface area contributed by atoms with E-state index < -0.39 is 0 Å². The van der Waals surface area contributed by atoms with Crippen LogP contribution in [0.5, 0.6) is 0 Å². The van der Waals surface area contributed by atoms with E-state index in [2.05, 4.69) is 47.5 Å². The minimum absolute atomic E-state index is 0.585. The van der Waals surface area contributed by atoms with Gasteiger partial charge in [0, 0.05) is 11.1 Å². The Kier molecular flexibility index (Phi) is 5.90. The van der Waals surface area contributed by atoms with Crippen LogP contribution in [0.3, 0.4) is 0 Å². The Labute approximate surface area is 194 Å². The molecule has 0 radical (unpaired) electrons. The van der Waals surface area contributed by atoms with E-state index in [1.807, 2.05) is 48.5 Å². The molecule has 33 heavy (non-hydrogen) atoms. The molecule has 0 amide bonds. The second-order valence-electron chi connectivity index (χ2n) is 8.22. The molecule has 1 aliphatic carbocycles. The molecule has 0 N–H and O–H groups in total. The van der Waals surface area contributed by atoms with Crippen molar-refractivity contribution < 1.29 is 9.47 Å². The largest absolute Gasteiger partial charge is 0.481 e. The van der Waals surface area contributed by atoms with Crippen LogP contribution < -0.4 is 0 Å². The Morgan fingerprint density at radius 3 is 1.79 bits per heavy atom. The minimum atomic E-state index is 0.585. The lowest BCUT2D eigenvalue weighted by Crippen LogP contribution is -2.04. The van der Waals surface area contributed by atoms with Crippen LogP contribution >= 0.6 is 0 Å². The van der Waals surface area contributed by atoms with E-state index in [9.17, 15) is 0 Å². The molecule has 4 aromatic rings. The maximum Gasteiger partial charge on any atom is 0.221 e. The highest BCUT2D eigenvalue weighted by Crippen LogP contribution is 2.41. The van der Waals surface area contributed by atoms with Gasteiger partial charge in [-0.05, 0) is 83.6 Å². The smallest absolute Gasteiger partial charge is 0.221 e. The van der Waals surface area contributed by atoms with Crippen molar-refractivity contribution in [3.8, 4) is 0 Å². The zero-order valence-corrected chi connectivity index (χ0v) is 18.9. The molecule has 0 bridgehead atoms. The topological polar surface area (TPSA) is 43.2 Å². The summed E-state index contributed by atoms with van der Waals surface area (Å²) in [6.45, 7) is 0. The van der Waals surface area contributed by atoms with E-state index in [-0.39, 0.29) is 0 Å². The first-order valence-electron chi connectivity index (χ1n) is 11.2. The average molecular weight is 435 g/mol. The number of hydrogen-bond donors (Lipinski definition) is 0. The number of hydrogen-bond acceptors (Lipinski definition) is 4. The van der Waals surface area contributed by atoms with Gasteiger partial charge in [0.1, 0.15) is 0 Å².